The van der Waals surface area contributed by atoms with Gasteiger partial charge in [0.1, 0.15) is 6.04 Å². The number of hydrogen-bond donors (Lipinski definition) is 2. The number of nitrogens with zero attached hydrogens (tertiary/aromatic N) is 1. The van der Waals surface area contributed by atoms with Gasteiger partial charge in [-0.3, -0.25) is 14.4 Å². The smallest absolute Gasteiger partial charge is 0.256 e. The number of nitrogen functional groups attached to an aromatic ring is 1. The Morgan fingerprint density at radius 2 is 1.93 bits per heavy atom. The molecule has 29 heavy (non-hydrogen) atoms. The summed E-state index contributed by atoms with van der Waals surface area (Å²) in [7, 11) is 0. The summed E-state index contributed by atoms with van der Waals surface area (Å²) >= 11 is 0. The fourth-order valence-electron chi connectivity index (χ4n) is 3.59. The van der Waals surface area contributed by atoms with Crippen LogP contribution in [-0.2, 0) is 14.4 Å². The van der Waals surface area contributed by atoms with Crippen LogP contribution in [0.2, 0.25) is 0 Å². The van der Waals surface area contributed by atoms with Gasteiger partial charge in [-0.15, -0.1) is 0 Å². The first-order valence-electron chi connectivity index (χ1n) is 9.63. The van der Waals surface area contributed by atoms with Gasteiger partial charge in [0.15, 0.2) is 0 Å². The molecule has 0 saturated carbocycles. The van der Waals surface area contributed by atoms with Gasteiger partial charge in [-0.2, -0.15) is 0 Å². The molecule has 0 aromatic heterocycles. The molecule has 0 spiro atoms. The predicted octanol–water partition coefficient (Wildman–Crippen LogP) is 3.38. The van der Waals surface area contributed by atoms with Gasteiger partial charge in [-0.1, -0.05) is 42.5 Å². The zero-order valence-corrected chi connectivity index (χ0v) is 16.8. The molecule has 2 aromatic carbocycles. The van der Waals surface area contributed by atoms with E-state index in [1.165, 1.54) is 0 Å². The number of nitrogens with one attached hydrogen (secondary N) is 1. The minimum atomic E-state index is -0.862. The Labute approximate surface area is 170 Å². The fourth-order valence-corrected chi connectivity index (χ4v) is 3.59. The van der Waals surface area contributed by atoms with Crippen molar-refractivity contribution in [2.45, 2.75) is 39.2 Å². The summed E-state index contributed by atoms with van der Waals surface area (Å²) in [5.41, 5.74) is 9.49. The summed E-state index contributed by atoms with van der Waals surface area (Å²) in [5.74, 6) is -1.65. The van der Waals surface area contributed by atoms with E-state index < -0.39 is 17.9 Å². The van der Waals surface area contributed by atoms with Gasteiger partial charge in [-0.25, -0.2) is 4.90 Å². The number of hydrogen-bond acceptors (Lipinski definition) is 4. The molecule has 0 fully saturated rings. The molecular weight excluding hydrogens is 366 g/mol. The fraction of sp³-hybridized carbons (Fsp3) is 0.261. The van der Waals surface area contributed by atoms with Crippen LogP contribution in [0.25, 0.3) is 11.1 Å². The first-order chi connectivity index (χ1) is 13.9. The monoisotopic (exact) mass is 391 g/mol. The van der Waals surface area contributed by atoms with Gasteiger partial charge in [0.05, 0.1) is 11.6 Å². The highest BCUT2D eigenvalue weighted by atomic mass is 16.2. The molecule has 1 aliphatic rings. The first-order valence-corrected chi connectivity index (χ1v) is 9.63. The summed E-state index contributed by atoms with van der Waals surface area (Å²) in [6.45, 7) is 5.18. The maximum Gasteiger partial charge on any atom is 0.256 e. The molecule has 1 heterocycles. The van der Waals surface area contributed by atoms with Gasteiger partial charge < -0.3 is 11.1 Å². The van der Waals surface area contributed by atoms with Crippen molar-refractivity contribution in [1.29, 1.82) is 0 Å². The lowest BCUT2D eigenvalue weighted by Gasteiger charge is -2.26. The normalized spacial score (nSPS) is 16.7. The Bertz CT molecular complexity index is 997. The lowest BCUT2D eigenvalue weighted by atomic mass is 9.92. The van der Waals surface area contributed by atoms with Crippen LogP contribution in [-0.4, -0.2) is 23.8 Å². The Hall–Kier alpha value is -3.41. The molecule has 0 bridgehead atoms. The van der Waals surface area contributed by atoms with E-state index in [1.54, 1.807) is 44.2 Å². The van der Waals surface area contributed by atoms with Crippen molar-refractivity contribution in [3.05, 3.63) is 60.2 Å². The van der Waals surface area contributed by atoms with Crippen molar-refractivity contribution in [3.8, 4) is 11.1 Å². The number of rotatable bonds is 4. The summed E-state index contributed by atoms with van der Waals surface area (Å²) in [6, 6.07) is 11.9. The Kier molecular flexibility index (Phi) is 5.82. The maximum absolute atomic E-state index is 13.3. The van der Waals surface area contributed by atoms with Gasteiger partial charge >= 0.3 is 0 Å². The predicted molar refractivity (Wildman–Crippen MR) is 114 cm³/mol. The van der Waals surface area contributed by atoms with Crippen LogP contribution in [0.15, 0.2) is 54.6 Å². The van der Waals surface area contributed by atoms with Crippen molar-refractivity contribution in [2.24, 2.45) is 0 Å². The number of imide groups is 1. The summed E-state index contributed by atoms with van der Waals surface area (Å²) in [6.07, 6.45) is 3.65. The van der Waals surface area contributed by atoms with E-state index in [0.29, 0.717) is 16.9 Å². The number of benzene rings is 2. The van der Waals surface area contributed by atoms with Crippen LogP contribution in [0.1, 0.15) is 38.7 Å². The quantitative estimate of drug-likeness (QED) is 0.617. The van der Waals surface area contributed by atoms with Crippen molar-refractivity contribution in [3.63, 3.8) is 0 Å². The third kappa shape index (κ3) is 3.78. The molecule has 3 N–H and O–H groups in total. The van der Waals surface area contributed by atoms with Crippen molar-refractivity contribution >= 4 is 29.1 Å². The number of carbonyl (C=O) groups is 3. The average molecular weight is 391 g/mol. The molecule has 0 radical (unpaired) electrons. The van der Waals surface area contributed by atoms with Crippen LogP contribution in [0.4, 0.5) is 11.4 Å². The maximum atomic E-state index is 13.3. The van der Waals surface area contributed by atoms with E-state index in [4.69, 9.17) is 5.73 Å². The Morgan fingerprint density at radius 3 is 2.66 bits per heavy atom. The lowest BCUT2D eigenvalue weighted by Crippen LogP contribution is -2.50. The van der Waals surface area contributed by atoms with E-state index in [-0.39, 0.29) is 18.2 Å². The number of amides is 3. The molecule has 6 heteroatoms. The van der Waals surface area contributed by atoms with Crippen molar-refractivity contribution in [1.82, 2.24) is 5.32 Å². The number of allylic oxidation sites excluding steroid dienone is 1. The van der Waals surface area contributed by atoms with Gasteiger partial charge in [0.25, 0.3) is 5.91 Å². The summed E-state index contributed by atoms with van der Waals surface area (Å²) < 4.78 is 0. The molecule has 0 aliphatic carbocycles. The topological polar surface area (TPSA) is 92.5 Å². The lowest BCUT2D eigenvalue weighted by molar-refractivity contribution is -0.130. The van der Waals surface area contributed by atoms with E-state index in [2.05, 4.69) is 5.32 Å². The van der Waals surface area contributed by atoms with Crippen molar-refractivity contribution in [2.75, 3.05) is 10.6 Å². The number of nitrogens with two attached hydrogens (primary N) is 1. The molecule has 6 nitrogen and oxygen atoms in total. The SMILES string of the molecule is CC=CCC(=O)N[C@@H](C)C(=O)N1C(=O)C(C)c2ccccc2-c2c(N)cccc21. The molecule has 1 aliphatic heterocycles. The van der Waals surface area contributed by atoms with Crippen LogP contribution < -0.4 is 16.0 Å². The Morgan fingerprint density at radius 1 is 1.21 bits per heavy atom. The third-order valence-electron chi connectivity index (χ3n) is 5.11. The molecule has 3 amide bonds. The number of fused-ring (bicyclic) bond motifs is 3. The molecule has 2 aromatic rings. The minimum absolute atomic E-state index is 0.174. The Balaban J connectivity index is 2.06. The van der Waals surface area contributed by atoms with Crippen LogP contribution in [0.5, 0.6) is 0 Å². The van der Waals surface area contributed by atoms with E-state index in [0.717, 1.165) is 16.0 Å². The van der Waals surface area contributed by atoms with Gasteiger partial charge in [-0.05, 0) is 44.0 Å². The second kappa shape index (κ2) is 8.31. The standard InChI is InChI=1S/C23H25N3O3/c1-4-5-13-20(27)25-15(3)23(29)26-19-12-8-11-18(24)21(19)17-10-7-6-9-16(17)14(2)22(26)28/h4-12,14-15H,13,24H2,1-3H3,(H,25,27)/t14?,15-/m0/s1. The van der Waals surface area contributed by atoms with Gasteiger partial charge in [0, 0.05) is 17.7 Å². The van der Waals surface area contributed by atoms with E-state index in [9.17, 15) is 14.4 Å². The second-order valence-electron chi connectivity index (χ2n) is 7.12. The van der Waals surface area contributed by atoms with Gasteiger partial charge in [0.2, 0.25) is 11.8 Å². The van der Waals surface area contributed by atoms with E-state index in [1.807, 2.05) is 31.2 Å². The zero-order chi connectivity index (χ0) is 21.1. The largest absolute Gasteiger partial charge is 0.398 e. The molecule has 1 unspecified atom stereocenters. The second-order valence-corrected chi connectivity index (χ2v) is 7.12. The first kappa shape index (κ1) is 20.3. The van der Waals surface area contributed by atoms with Crippen LogP contribution in [0, 0.1) is 0 Å². The molecule has 0 saturated heterocycles. The average Bonchev–Trinajstić information content (AvgIpc) is 2.80. The highest BCUT2D eigenvalue weighted by Gasteiger charge is 2.37. The van der Waals surface area contributed by atoms with Crippen LogP contribution >= 0.6 is 0 Å². The number of carbonyl (C=O) groups excluding carboxylic acids is 3. The minimum Gasteiger partial charge on any atom is -0.398 e. The molecule has 3 rings (SSSR count). The molecular formula is C23H25N3O3. The highest BCUT2D eigenvalue weighted by Crippen LogP contribution is 2.43. The highest BCUT2D eigenvalue weighted by molar-refractivity contribution is 6.22. The summed E-state index contributed by atoms with van der Waals surface area (Å²) in [4.78, 5) is 39.8. The zero-order valence-electron chi connectivity index (χ0n) is 16.8. The van der Waals surface area contributed by atoms with Crippen molar-refractivity contribution < 1.29 is 14.4 Å². The molecule has 2 atom stereocenters. The van der Waals surface area contributed by atoms with Crippen LogP contribution in [0.3, 0.4) is 0 Å². The molecule has 150 valence electrons. The number of anilines is 2. The van der Waals surface area contributed by atoms with E-state index >= 15 is 0 Å². The summed E-state index contributed by atoms with van der Waals surface area (Å²) in [5, 5.41) is 2.67. The third-order valence-corrected chi connectivity index (χ3v) is 5.11.